The van der Waals surface area contributed by atoms with E-state index in [1.165, 1.54) is 25.3 Å². The SMILES string of the molecule is COc1cccc(C(=O)NCCNC(=O)Nc2cccc(F)c2)c1. The highest BCUT2D eigenvalue weighted by atomic mass is 19.1. The molecule has 24 heavy (non-hydrogen) atoms. The van der Waals surface area contributed by atoms with Crippen LogP contribution in [0.1, 0.15) is 10.4 Å². The Morgan fingerprint density at radius 2 is 1.79 bits per heavy atom. The van der Waals surface area contributed by atoms with Gasteiger partial charge in [-0.25, -0.2) is 9.18 Å². The van der Waals surface area contributed by atoms with E-state index in [-0.39, 0.29) is 19.0 Å². The molecule has 0 unspecified atom stereocenters. The number of nitrogens with one attached hydrogen (secondary N) is 3. The molecule has 2 aromatic carbocycles. The summed E-state index contributed by atoms with van der Waals surface area (Å²) in [6.45, 7) is 0.490. The second kappa shape index (κ2) is 8.52. The number of hydrogen-bond donors (Lipinski definition) is 3. The summed E-state index contributed by atoms with van der Waals surface area (Å²) < 4.78 is 18.1. The van der Waals surface area contributed by atoms with E-state index >= 15 is 0 Å². The van der Waals surface area contributed by atoms with Gasteiger partial charge in [-0.05, 0) is 36.4 Å². The van der Waals surface area contributed by atoms with Gasteiger partial charge >= 0.3 is 6.03 Å². The van der Waals surface area contributed by atoms with Crippen LogP contribution in [-0.2, 0) is 0 Å². The van der Waals surface area contributed by atoms with Crippen molar-refractivity contribution in [1.29, 1.82) is 0 Å². The van der Waals surface area contributed by atoms with Crippen LogP contribution >= 0.6 is 0 Å². The van der Waals surface area contributed by atoms with Gasteiger partial charge in [0.25, 0.3) is 5.91 Å². The Balaban J connectivity index is 1.72. The standard InChI is InChI=1S/C17H18FN3O3/c1-24-15-7-2-4-12(10-15)16(22)19-8-9-20-17(23)21-14-6-3-5-13(18)11-14/h2-7,10-11H,8-9H2,1H3,(H,19,22)(H2,20,21,23). The first-order valence-corrected chi connectivity index (χ1v) is 7.31. The van der Waals surface area contributed by atoms with Crippen LogP contribution in [0, 0.1) is 5.82 Å². The summed E-state index contributed by atoms with van der Waals surface area (Å²) in [4.78, 5) is 23.6. The van der Waals surface area contributed by atoms with Crippen molar-refractivity contribution in [3.63, 3.8) is 0 Å². The molecule has 0 aliphatic rings. The molecule has 0 saturated carbocycles. The zero-order chi connectivity index (χ0) is 17.4. The van der Waals surface area contributed by atoms with Gasteiger partial charge in [0.05, 0.1) is 7.11 Å². The lowest BCUT2D eigenvalue weighted by molar-refractivity contribution is 0.0953. The van der Waals surface area contributed by atoms with Crippen LogP contribution < -0.4 is 20.7 Å². The van der Waals surface area contributed by atoms with Crippen molar-refractivity contribution in [3.05, 3.63) is 59.9 Å². The van der Waals surface area contributed by atoms with Gasteiger partial charge in [-0.3, -0.25) is 4.79 Å². The van der Waals surface area contributed by atoms with E-state index in [9.17, 15) is 14.0 Å². The first-order valence-electron chi connectivity index (χ1n) is 7.31. The van der Waals surface area contributed by atoms with Crippen LogP contribution in [0.2, 0.25) is 0 Å². The summed E-state index contributed by atoms with van der Waals surface area (Å²) in [5, 5.41) is 7.75. The molecular weight excluding hydrogens is 313 g/mol. The number of carbonyl (C=O) groups is 2. The largest absolute Gasteiger partial charge is 0.497 e. The number of carbonyl (C=O) groups excluding carboxylic acids is 2. The molecule has 6 nitrogen and oxygen atoms in total. The third-order valence-electron chi connectivity index (χ3n) is 3.11. The molecule has 0 atom stereocenters. The Labute approximate surface area is 139 Å². The molecule has 0 aliphatic carbocycles. The summed E-state index contributed by atoms with van der Waals surface area (Å²) in [6.07, 6.45) is 0. The smallest absolute Gasteiger partial charge is 0.319 e. The van der Waals surface area contributed by atoms with Crippen molar-refractivity contribution in [2.24, 2.45) is 0 Å². The van der Waals surface area contributed by atoms with Gasteiger partial charge < -0.3 is 20.7 Å². The molecule has 2 aromatic rings. The highest BCUT2D eigenvalue weighted by Gasteiger charge is 2.06. The lowest BCUT2D eigenvalue weighted by Crippen LogP contribution is -2.36. The van der Waals surface area contributed by atoms with Gasteiger partial charge in [0.15, 0.2) is 0 Å². The second-order valence-electron chi connectivity index (χ2n) is 4.88. The number of rotatable bonds is 6. The molecule has 7 heteroatoms. The number of hydrogen-bond acceptors (Lipinski definition) is 3. The fourth-order valence-electron chi connectivity index (χ4n) is 1.96. The fraction of sp³-hybridized carbons (Fsp3) is 0.176. The van der Waals surface area contributed by atoms with E-state index in [0.29, 0.717) is 17.0 Å². The van der Waals surface area contributed by atoms with Crippen LogP contribution in [0.3, 0.4) is 0 Å². The molecule has 3 amide bonds. The lowest BCUT2D eigenvalue weighted by atomic mass is 10.2. The third kappa shape index (κ3) is 5.28. The summed E-state index contributed by atoms with van der Waals surface area (Å²) >= 11 is 0. The van der Waals surface area contributed by atoms with E-state index in [2.05, 4.69) is 16.0 Å². The maximum Gasteiger partial charge on any atom is 0.319 e. The fourth-order valence-corrected chi connectivity index (χ4v) is 1.96. The van der Waals surface area contributed by atoms with Crippen LogP contribution in [0.25, 0.3) is 0 Å². The molecule has 3 N–H and O–H groups in total. The normalized spacial score (nSPS) is 9.92. The first-order chi connectivity index (χ1) is 11.6. The molecule has 126 valence electrons. The van der Waals surface area contributed by atoms with Gasteiger partial charge in [-0.2, -0.15) is 0 Å². The van der Waals surface area contributed by atoms with E-state index in [0.717, 1.165) is 0 Å². The Morgan fingerprint density at radius 3 is 2.54 bits per heavy atom. The molecule has 0 aromatic heterocycles. The minimum Gasteiger partial charge on any atom is -0.497 e. The minimum absolute atomic E-state index is 0.233. The summed E-state index contributed by atoms with van der Waals surface area (Å²) in [6, 6.07) is 11.9. The molecule has 2 rings (SSSR count). The number of urea groups is 1. The topological polar surface area (TPSA) is 79.5 Å². The highest BCUT2D eigenvalue weighted by molar-refractivity contribution is 5.94. The first kappa shape index (κ1) is 17.3. The Bertz CT molecular complexity index is 722. The van der Waals surface area contributed by atoms with Gasteiger partial charge in [0.2, 0.25) is 0 Å². The zero-order valence-electron chi connectivity index (χ0n) is 13.1. The minimum atomic E-state index is -0.476. The Kier molecular flexibility index (Phi) is 6.13. The number of halogens is 1. The van der Waals surface area contributed by atoms with E-state index in [1.54, 1.807) is 30.3 Å². The van der Waals surface area contributed by atoms with Crippen molar-refractivity contribution in [1.82, 2.24) is 10.6 Å². The summed E-state index contributed by atoms with van der Waals surface area (Å²) in [5.74, 6) is -0.102. The highest BCUT2D eigenvalue weighted by Crippen LogP contribution is 2.12. The maximum atomic E-state index is 13.0. The van der Waals surface area contributed by atoms with Crippen molar-refractivity contribution in [3.8, 4) is 5.75 Å². The average Bonchev–Trinajstić information content (AvgIpc) is 2.58. The summed E-state index contributed by atoms with van der Waals surface area (Å²) in [5.41, 5.74) is 0.825. The molecule has 0 aliphatic heterocycles. The van der Waals surface area contributed by atoms with E-state index in [1.807, 2.05) is 0 Å². The van der Waals surface area contributed by atoms with Gasteiger partial charge in [-0.1, -0.05) is 12.1 Å². The molecule has 0 fully saturated rings. The van der Waals surface area contributed by atoms with Gasteiger partial charge in [0, 0.05) is 24.3 Å². The Hall–Kier alpha value is -3.09. The molecular formula is C17H18FN3O3. The number of methoxy groups -OCH3 is 1. The van der Waals surface area contributed by atoms with Crippen LogP contribution in [0.15, 0.2) is 48.5 Å². The number of amides is 3. The lowest BCUT2D eigenvalue weighted by Gasteiger charge is -2.09. The van der Waals surface area contributed by atoms with E-state index in [4.69, 9.17) is 4.74 Å². The quantitative estimate of drug-likeness (QED) is 0.711. The monoisotopic (exact) mass is 331 g/mol. The Morgan fingerprint density at radius 1 is 1.04 bits per heavy atom. The maximum absolute atomic E-state index is 13.0. The van der Waals surface area contributed by atoms with Crippen LogP contribution in [0.5, 0.6) is 5.75 Å². The van der Waals surface area contributed by atoms with Crippen LogP contribution in [0.4, 0.5) is 14.9 Å². The van der Waals surface area contributed by atoms with Crippen molar-refractivity contribution in [2.45, 2.75) is 0 Å². The molecule has 0 saturated heterocycles. The molecule has 0 heterocycles. The number of anilines is 1. The van der Waals surface area contributed by atoms with Crippen molar-refractivity contribution < 1.29 is 18.7 Å². The molecule has 0 radical (unpaired) electrons. The van der Waals surface area contributed by atoms with E-state index < -0.39 is 11.8 Å². The second-order valence-corrected chi connectivity index (χ2v) is 4.88. The van der Waals surface area contributed by atoms with Crippen molar-refractivity contribution in [2.75, 3.05) is 25.5 Å². The van der Waals surface area contributed by atoms with Crippen molar-refractivity contribution >= 4 is 17.6 Å². The average molecular weight is 331 g/mol. The zero-order valence-corrected chi connectivity index (χ0v) is 13.1. The van der Waals surface area contributed by atoms with Gasteiger partial charge in [-0.15, -0.1) is 0 Å². The molecule has 0 bridgehead atoms. The number of benzene rings is 2. The predicted molar refractivity (Wildman–Crippen MR) is 88.7 cm³/mol. The van der Waals surface area contributed by atoms with Gasteiger partial charge in [0.1, 0.15) is 11.6 Å². The summed E-state index contributed by atoms with van der Waals surface area (Å²) in [7, 11) is 1.53. The predicted octanol–water partition coefficient (Wildman–Crippen LogP) is 2.39. The number of ether oxygens (including phenoxy) is 1. The third-order valence-corrected chi connectivity index (χ3v) is 3.11. The molecule has 0 spiro atoms. The van der Waals surface area contributed by atoms with Crippen LogP contribution in [-0.4, -0.2) is 32.1 Å².